The molecule has 0 saturated carbocycles. The number of nitro groups is 1. The van der Waals surface area contributed by atoms with E-state index < -0.39 is 4.92 Å². The number of aryl methyl sites for hydroxylation is 1. The van der Waals surface area contributed by atoms with Crippen molar-refractivity contribution in [3.63, 3.8) is 0 Å². The van der Waals surface area contributed by atoms with Crippen molar-refractivity contribution in [3.8, 4) is 5.75 Å². The lowest BCUT2D eigenvalue weighted by Crippen LogP contribution is -1.96. The van der Waals surface area contributed by atoms with Crippen molar-refractivity contribution in [2.75, 3.05) is 7.11 Å². The Kier molecular flexibility index (Phi) is 2.44. The molecule has 0 spiro atoms. The van der Waals surface area contributed by atoms with E-state index in [1.165, 1.54) is 13.2 Å². The summed E-state index contributed by atoms with van der Waals surface area (Å²) in [6.07, 6.45) is 1.61. The van der Waals surface area contributed by atoms with Gasteiger partial charge in [-0.1, -0.05) is 0 Å². The van der Waals surface area contributed by atoms with Crippen molar-refractivity contribution in [2.45, 2.75) is 6.92 Å². The topological polar surface area (TPSA) is 65.3 Å². The maximum absolute atomic E-state index is 10.8. The highest BCUT2D eigenvalue weighted by Gasteiger charge is 2.18. The molecule has 5 heteroatoms. The fraction of sp³-hybridized carbons (Fsp3) is 0.182. The zero-order valence-electron chi connectivity index (χ0n) is 8.93. The van der Waals surface area contributed by atoms with E-state index in [-0.39, 0.29) is 11.4 Å². The van der Waals surface area contributed by atoms with Crippen LogP contribution in [0.15, 0.2) is 24.4 Å². The van der Waals surface area contributed by atoms with E-state index in [1.54, 1.807) is 12.3 Å². The molecule has 0 radical (unpaired) electrons. The number of nitro benzene ring substituents is 1. The van der Waals surface area contributed by atoms with Crippen molar-refractivity contribution in [3.05, 3.63) is 40.1 Å². The highest BCUT2D eigenvalue weighted by molar-refractivity contribution is 5.90. The molecule has 0 N–H and O–H groups in total. The molecule has 2 rings (SSSR count). The average molecular weight is 218 g/mol. The number of rotatable bonds is 2. The van der Waals surface area contributed by atoms with Gasteiger partial charge in [-0.25, -0.2) is 0 Å². The quantitative estimate of drug-likeness (QED) is 0.573. The standard InChI is InChI=1S/C11H10N2O3/c1-7-5-6-12-10-8(7)3-4-9(13(14)15)11(10)16-2/h3-6H,1-2H3. The minimum Gasteiger partial charge on any atom is -0.489 e. The molecule has 1 heterocycles. The van der Waals surface area contributed by atoms with Gasteiger partial charge in [-0.3, -0.25) is 15.1 Å². The van der Waals surface area contributed by atoms with Crippen LogP contribution in [0, 0.1) is 17.0 Å². The van der Waals surface area contributed by atoms with Gasteiger partial charge in [0.2, 0.25) is 5.75 Å². The Bertz CT molecular complexity index is 566. The molecule has 0 aliphatic heterocycles. The second-order valence-corrected chi connectivity index (χ2v) is 3.40. The molecular formula is C11H10N2O3. The first-order valence-corrected chi connectivity index (χ1v) is 4.72. The van der Waals surface area contributed by atoms with Gasteiger partial charge in [-0.2, -0.15) is 0 Å². The van der Waals surface area contributed by atoms with Crippen LogP contribution in [0.2, 0.25) is 0 Å². The van der Waals surface area contributed by atoms with Gasteiger partial charge in [0.15, 0.2) is 0 Å². The summed E-state index contributed by atoms with van der Waals surface area (Å²) < 4.78 is 5.07. The van der Waals surface area contributed by atoms with Gasteiger partial charge >= 0.3 is 5.69 Å². The molecule has 16 heavy (non-hydrogen) atoms. The van der Waals surface area contributed by atoms with Gasteiger partial charge in [0.1, 0.15) is 5.52 Å². The van der Waals surface area contributed by atoms with Gasteiger partial charge in [0.25, 0.3) is 0 Å². The van der Waals surface area contributed by atoms with E-state index in [0.717, 1.165) is 10.9 Å². The van der Waals surface area contributed by atoms with Crippen LogP contribution >= 0.6 is 0 Å². The third kappa shape index (κ3) is 1.46. The number of methoxy groups -OCH3 is 1. The minimum atomic E-state index is -0.470. The number of ether oxygens (including phenoxy) is 1. The zero-order chi connectivity index (χ0) is 11.7. The van der Waals surface area contributed by atoms with Crippen molar-refractivity contribution >= 4 is 16.6 Å². The Hall–Kier alpha value is -2.17. The number of nitrogens with zero attached hydrogens (tertiary/aromatic N) is 2. The van der Waals surface area contributed by atoms with Crippen LogP contribution in [0.3, 0.4) is 0 Å². The van der Waals surface area contributed by atoms with E-state index in [9.17, 15) is 10.1 Å². The summed E-state index contributed by atoms with van der Waals surface area (Å²) in [6.45, 7) is 1.93. The van der Waals surface area contributed by atoms with Crippen LogP contribution in [0.4, 0.5) is 5.69 Å². The number of fused-ring (bicyclic) bond motifs is 1. The smallest absolute Gasteiger partial charge is 0.313 e. The largest absolute Gasteiger partial charge is 0.489 e. The molecule has 0 bridgehead atoms. The Morgan fingerprint density at radius 3 is 2.75 bits per heavy atom. The predicted octanol–water partition coefficient (Wildman–Crippen LogP) is 2.46. The van der Waals surface area contributed by atoms with Crippen LogP contribution < -0.4 is 4.74 Å². The van der Waals surface area contributed by atoms with Crippen LogP contribution in [0.5, 0.6) is 5.75 Å². The van der Waals surface area contributed by atoms with E-state index in [1.807, 2.05) is 13.0 Å². The van der Waals surface area contributed by atoms with Crippen LogP contribution in [0.1, 0.15) is 5.56 Å². The Labute approximate surface area is 91.8 Å². The first-order chi connectivity index (χ1) is 7.65. The summed E-state index contributed by atoms with van der Waals surface area (Å²) in [6, 6.07) is 4.99. The summed E-state index contributed by atoms with van der Waals surface area (Å²) in [5.41, 5.74) is 1.47. The molecule has 5 nitrogen and oxygen atoms in total. The SMILES string of the molecule is COc1c([N+](=O)[O-])ccc2c(C)ccnc12. The van der Waals surface area contributed by atoms with E-state index in [2.05, 4.69) is 4.98 Å². The molecule has 0 amide bonds. The number of benzene rings is 1. The third-order valence-corrected chi connectivity index (χ3v) is 2.46. The molecule has 0 atom stereocenters. The zero-order valence-corrected chi connectivity index (χ0v) is 8.93. The molecule has 0 fully saturated rings. The fourth-order valence-electron chi connectivity index (χ4n) is 1.67. The van der Waals surface area contributed by atoms with Crippen molar-refractivity contribution in [1.82, 2.24) is 4.98 Å². The van der Waals surface area contributed by atoms with Crippen LogP contribution in [-0.2, 0) is 0 Å². The molecular weight excluding hydrogens is 208 g/mol. The third-order valence-electron chi connectivity index (χ3n) is 2.46. The van der Waals surface area contributed by atoms with E-state index >= 15 is 0 Å². The summed E-state index contributed by atoms with van der Waals surface area (Å²) in [4.78, 5) is 14.5. The average Bonchev–Trinajstić information content (AvgIpc) is 2.27. The molecule has 1 aromatic heterocycles. The van der Waals surface area contributed by atoms with Crippen molar-refractivity contribution < 1.29 is 9.66 Å². The van der Waals surface area contributed by atoms with Crippen molar-refractivity contribution in [1.29, 1.82) is 0 Å². The Balaban J connectivity index is 2.86. The second kappa shape index (κ2) is 3.77. The number of pyridine rings is 1. The predicted molar refractivity (Wildman–Crippen MR) is 59.7 cm³/mol. The lowest BCUT2D eigenvalue weighted by Gasteiger charge is -2.06. The lowest BCUT2D eigenvalue weighted by atomic mass is 10.1. The van der Waals surface area contributed by atoms with Gasteiger partial charge in [0, 0.05) is 17.6 Å². The summed E-state index contributed by atoms with van der Waals surface area (Å²) in [5, 5.41) is 11.7. The molecule has 82 valence electrons. The Morgan fingerprint density at radius 1 is 1.38 bits per heavy atom. The monoisotopic (exact) mass is 218 g/mol. The first-order valence-electron chi connectivity index (χ1n) is 4.72. The van der Waals surface area contributed by atoms with Gasteiger partial charge < -0.3 is 4.74 Å². The van der Waals surface area contributed by atoms with E-state index in [4.69, 9.17) is 4.74 Å². The Morgan fingerprint density at radius 2 is 2.12 bits per heavy atom. The molecule has 0 saturated heterocycles. The number of hydrogen-bond acceptors (Lipinski definition) is 4. The number of hydrogen-bond donors (Lipinski definition) is 0. The first kappa shape index (κ1) is 10.4. The van der Waals surface area contributed by atoms with Gasteiger partial charge in [0.05, 0.1) is 12.0 Å². The molecule has 0 unspecified atom stereocenters. The van der Waals surface area contributed by atoms with Crippen molar-refractivity contribution in [2.24, 2.45) is 0 Å². The molecule has 2 aromatic rings. The molecule has 0 aliphatic rings. The molecule has 0 aliphatic carbocycles. The van der Waals surface area contributed by atoms with Gasteiger partial charge in [-0.15, -0.1) is 0 Å². The van der Waals surface area contributed by atoms with E-state index in [0.29, 0.717) is 5.52 Å². The van der Waals surface area contributed by atoms with Gasteiger partial charge in [-0.05, 0) is 24.6 Å². The maximum atomic E-state index is 10.8. The second-order valence-electron chi connectivity index (χ2n) is 3.40. The lowest BCUT2D eigenvalue weighted by molar-refractivity contribution is -0.385. The molecule has 1 aromatic carbocycles. The van der Waals surface area contributed by atoms with Crippen LogP contribution in [-0.4, -0.2) is 17.0 Å². The summed E-state index contributed by atoms with van der Waals surface area (Å²) in [7, 11) is 1.41. The number of aromatic nitrogens is 1. The highest BCUT2D eigenvalue weighted by atomic mass is 16.6. The summed E-state index contributed by atoms with van der Waals surface area (Å²) >= 11 is 0. The normalized spacial score (nSPS) is 10.4. The summed E-state index contributed by atoms with van der Waals surface area (Å²) in [5.74, 6) is 0.214. The maximum Gasteiger partial charge on any atom is 0.313 e. The fourth-order valence-corrected chi connectivity index (χ4v) is 1.67. The minimum absolute atomic E-state index is 0.0619. The van der Waals surface area contributed by atoms with Crippen LogP contribution in [0.25, 0.3) is 10.9 Å². The highest BCUT2D eigenvalue weighted by Crippen LogP contribution is 2.34.